The second kappa shape index (κ2) is 16.1. The lowest BCUT2D eigenvalue weighted by atomic mass is 10.2. The van der Waals surface area contributed by atoms with Crippen LogP contribution < -0.4 is 27.0 Å². The summed E-state index contributed by atoms with van der Waals surface area (Å²) in [4.78, 5) is 62.5. The summed E-state index contributed by atoms with van der Waals surface area (Å²) in [5.41, 5.74) is 16.8. The first-order chi connectivity index (χ1) is 25.4. The molecule has 4 heterocycles. The Hall–Kier alpha value is -6.36. The van der Waals surface area contributed by atoms with Gasteiger partial charge in [-0.2, -0.15) is 10.2 Å². The van der Waals surface area contributed by atoms with Gasteiger partial charge >= 0.3 is 0 Å². The summed E-state index contributed by atoms with van der Waals surface area (Å²) >= 11 is 0. The van der Waals surface area contributed by atoms with Crippen LogP contribution in [0.15, 0.2) is 48.5 Å². The predicted molar refractivity (Wildman–Crippen MR) is 208 cm³/mol. The number of para-hydroxylation sites is 1. The van der Waals surface area contributed by atoms with Gasteiger partial charge in [-0.15, -0.1) is 0 Å². The van der Waals surface area contributed by atoms with E-state index >= 15 is 0 Å². The van der Waals surface area contributed by atoms with E-state index in [1.807, 2.05) is 49.0 Å². The minimum Gasteiger partial charge on any atom is -0.366 e. The van der Waals surface area contributed by atoms with Crippen LogP contribution in [0, 0.1) is 13.8 Å². The number of rotatable bonds is 14. The van der Waals surface area contributed by atoms with Crippen LogP contribution in [0.2, 0.25) is 0 Å². The van der Waals surface area contributed by atoms with E-state index in [9.17, 15) is 19.2 Å². The molecular formula is C37H47N13O4. The van der Waals surface area contributed by atoms with E-state index in [0.29, 0.717) is 95.8 Å². The zero-order chi connectivity index (χ0) is 38.0. The lowest BCUT2D eigenvalue weighted by Crippen LogP contribution is -2.32. The van der Waals surface area contributed by atoms with Crippen molar-refractivity contribution in [1.29, 1.82) is 0 Å². The highest BCUT2D eigenvalue weighted by Crippen LogP contribution is 2.30. The fourth-order valence-corrected chi connectivity index (χ4v) is 6.41. The van der Waals surface area contributed by atoms with Crippen molar-refractivity contribution in [3.63, 3.8) is 0 Å². The fraction of sp³-hybridized carbons (Fsp3) is 0.351. The summed E-state index contributed by atoms with van der Waals surface area (Å²) in [6, 6.07) is 13.9. The number of benzene rings is 2. The average Bonchev–Trinajstić information content (AvgIpc) is 3.91. The summed E-state index contributed by atoms with van der Waals surface area (Å²) in [6.07, 6.45) is 1.24. The number of amides is 4. The maximum Gasteiger partial charge on any atom is 0.276 e. The van der Waals surface area contributed by atoms with E-state index in [1.165, 1.54) is 4.90 Å². The molecule has 2 aromatic carbocycles. The Morgan fingerprint density at radius 1 is 0.778 bits per heavy atom. The van der Waals surface area contributed by atoms with Gasteiger partial charge in [0, 0.05) is 38.8 Å². The van der Waals surface area contributed by atoms with Crippen LogP contribution >= 0.6 is 0 Å². The van der Waals surface area contributed by atoms with Gasteiger partial charge in [0.25, 0.3) is 11.8 Å². The number of carbonyl (C=O) groups excluding carboxylic acids is 4. The molecule has 0 unspecified atom stereocenters. The Morgan fingerprint density at radius 3 is 1.87 bits per heavy atom. The van der Waals surface area contributed by atoms with Crippen molar-refractivity contribution in [2.75, 3.05) is 29.1 Å². The number of likely N-dealkylation sites (N-methyl/N-ethyl adjacent to an activating group) is 1. The van der Waals surface area contributed by atoms with Crippen molar-refractivity contribution in [2.24, 2.45) is 11.5 Å². The molecule has 4 amide bonds. The molecule has 0 aliphatic rings. The minimum atomic E-state index is -0.583. The molecule has 17 heteroatoms. The number of aromatic nitrogens is 8. The van der Waals surface area contributed by atoms with Gasteiger partial charge in [0.05, 0.1) is 40.2 Å². The SMILES string of the molecule is C.CCn1nc(C)cc1C(=O)Nc1nc2cc(C(N)=O)ccc2n1CCCCn1c(NC(=O)c2cc(C)nn2CC)nc2c(N(C)C(=O)CN)cccc21. The number of primary amides is 1. The molecule has 0 aliphatic heterocycles. The molecule has 6 N–H and O–H groups in total. The number of aryl methyl sites for hydroxylation is 6. The molecule has 54 heavy (non-hydrogen) atoms. The quantitative estimate of drug-likeness (QED) is 0.118. The highest BCUT2D eigenvalue weighted by molar-refractivity contribution is 6.06. The van der Waals surface area contributed by atoms with Gasteiger partial charge < -0.3 is 25.5 Å². The van der Waals surface area contributed by atoms with Crippen molar-refractivity contribution in [2.45, 2.75) is 74.1 Å². The van der Waals surface area contributed by atoms with Crippen LogP contribution in [-0.2, 0) is 31.0 Å². The monoisotopic (exact) mass is 737 g/mol. The number of nitrogens with two attached hydrogens (primary N) is 2. The van der Waals surface area contributed by atoms with Gasteiger partial charge in [-0.05, 0) is 83.0 Å². The molecular weight excluding hydrogens is 690 g/mol. The largest absolute Gasteiger partial charge is 0.366 e. The molecule has 0 radical (unpaired) electrons. The topological polar surface area (TPSA) is 219 Å². The number of fused-ring (bicyclic) bond motifs is 2. The van der Waals surface area contributed by atoms with Crippen molar-refractivity contribution in [1.82, 2.24) is 38.7 Å². The molecule has 4 aromatic heterocycles. The van der Waals surface area contributed by atoms with Crippen LogP contribution in [0.3, 0.4) is 0 Å². The van der Waals surface area contributed by atoms with Crippen LogP contribution in [0.1, 0.15) is 76.8 Å². The second-order valence-corrected chi connectivity index (χ2v) is 12.6. The zero-order valence-electron chi connectivity index (χ0n) is 30.4. The van der Waals surface area contributed by atoms with Crippen molar-refractivity contribution in [3.05, 3.63) is 76.9 Å². The number of imidazole rings is 2. The third-order valence-electron chi connectivity index (χ3n) is 9.03. The van der Waals surface area contributed by atoms with Gasteiger partial charge in [0.2, 0.25) is 23.7 Å². The van der Waals surface area contributed by atoms with E-state index in [2.05, 4.69) is 25.8 Å². The van der Waals surface area contributed by atoms with Crippen molar-refractivity contribution < 1.29 is 19.2 Å². The first-order valence-corrected chi connectivity index (χ1v) is 17.4. The van der Waals surface area contributed by atoms with Gasteiger partial charge in [-0.3, -0.25) is 39.2 Å². The molecule has 0 bridgehead atoms. The number of nitrogens with one attached hydrogen (secondary N) is 2. The third-order valence-corrected chi connectivity index (χ3v) is 9.03. The molecule has 284 valence electrons. The van der Waals surface area contributed by atoms with Crippen LogP contribution in [0.25, 0.3) is 22.1 Å². The maximum atomic E-state index is 13.6. The van der Waals surface area contributed by atoms with Crippen molar-refractivity contribution >= 4 is 63.3 Å². The number of anilines is 3. The zero-order valence-corrected chi connectivity index (χ0v) is 30.4. The highest BCUT2D eigenvalue weighted by Gasteiger charge is 2.23. The van der Waals surface area contributed by atoms with E-state index < -0.39 is 5.91 Å². The van der Waals surface area contributed by atoms with Crippen LogP contribution in [0.5, 0.6) is 0 Å². The normalized spacial score (nSPS) is 11.1. The van der Waals surface area contributed by atoms with E-state index in [-0.39, 0.29) is 31.7 Å². The van der Waals surface area contributed by atoms with Gasteiger partial charge in [-0.25, -0.2) is 9.97 Å². The lowest BCUT2D eigenvalue weighted by Gasteiger charge is -2.17. The Bertz CT molecular complexity index is 2360. The molecule has 0 saturated carbocycles. The molecule has 0 spiro atoms. The second-order valence-electron chi connectivity index (χ2n) is 12.6. The lowest BCUT2D eigenvalue weighted by molar-refractivity contribution is -0.117. The average molecular weight is 738 g/mol. The third kappa shape index (κ3) is 7.57. The van der Waals surface area contributed by atoms with E-state index in [1.54, 1.807) is 52.8 Å². The van der Waals surface area contributed by atoms with Gasteiger partial charge in [0.15, 0.2) is 0 Å². The molecule has 17 nitrogen and oxygen atoms in total. The van der Waals surface area contributed by atoms with Crippen LogP contribution in [-0.4, -0.2) is 75.9 Å². The molecule has 0 atom stereocenters. The smallest absolute Gasteiger partial charge is 0.276 e. The Kier molecular flexibility index (Phi) is 11.6. The summed E-state index contributed by atoms with van der Waals surface area (Å²) < 4.78 is 7.07. The summed E-state index contributed by atoms with van der Waals surface area (Å²) in [5.74, 6) is -0.965. The molecule has 6 aromatic rings. The molecule has 0 fully saturated rings. The molecule has 0 saturated heterocycles. The highest BCUT2D eigenvalue weighted by atomic mass is 16.2. The van der Waals surface area contributed by atoms with Crippen LogP contribution in [0.4, 0.5) is 17.6 Å². The number of hydrogen-bond acceptors (Lipinski definition) is 9. The minimum absolute atomic E-state index is 0. The summed E-state index contributed by atoms with van der Waals surface area (Å²) in [7, 11) is 1.64. The number of carbonyl (C=O) groups is 4. The Balaban J connectivity index is 0.00000561. The first kappa shape index (κ1) is 38.9. The fourth-order valence-electron chi connectivity index (χ4n) is 6.41. The molecule has 0 aliphatic carbocycles. The van der Waals surface area contributed by atoms with E-state index in [0.717, 1.165) is 11.2 Å². The summed E-state index contributed by atoms with van der Waals surface area (Å²) in [5, 5.41) is 14.7. The van der Waals surface area contributed by atoms with Crippen molar-refractivity contribution in [3.8, 4) is 0 Å². The molecule has 6 rings (SSSR count). The predicted octanol–water partition coefficient (Wildman–Crippen LogP) is 4.08. The van der Waals surface area contributed by atoms with E-state index in [4.69, 9.17) is 16.5 Å². The van der Waals surface area contributed by atoms with Gasteiger partial charge in [-0.1, -0.05) is 13.5 Å². The standard InChI is InChI=1S/C36H43N13O4.CH4/c1-6-48-28(17-21(3)43-48)33(52)41-35-39-24-19-23(32(38)51)13-14-25(24)46(35)15-8-9-16-47-27-12-10-11-26(45(5)30(50)20-37)31(27)40-36(47)42-34(53)29-18-22(4)44-49(29)7-2;/h10-14,17-19H,6-9,15-16,20,37H2,1-5H3,(H2,38,51)(H,39,41,52)(H,40,42,53);1H4. The van der Waals surface area contributed by atoms with Gasteiger partial charge in [0.1, 0.15) is 16.9 Å². The Labute approximate surface area is 312 Å². The summed E-state index contributed by atoms with van der Waals surface area (Å²) in [6.45, 7) is 9.23. The number of nitrogens with zero attached hydrogens (tertiary/aromatic N) is 9. The number of hydrogen-bond donors (Lipinski definition) is 4. The Morgan fingerprint density at radius 2 is 1.33 bits per heavy atom. The maximum absolute atomic E-state index is 13.6. The first-order valence-electron chi connectivity index (χ1n) is 17.4. The number of unbranched alkanes of at least 4 members (excludes halogenated alkanes) is 1.